The van der Waals surface area contributed by atoms with Gasteiger partial charge in [-0.15, -0.1) is 0 Å². The maximum atomic E-state index is 6.16. The number of benzene rings is 2. The van der Waals surface area contributed by atoms with E-state index in [0.717, 1.165) is 28.8 Å². The fraction of sp³-hybridized carbons (Fsp3) is 0.0476. The average molecular weight is 324 g/mol. The molecule has 3 aromatic heterocycles. The Bertz CT molecular complexity index is 1260. The smallest absolute Gasteiger partial charge is 0.341 e. The van der Waals surface area contributed by atoms with E-state index in [1.807, 2.05) is 12.1 Å². The van der Waals surface area contributed by atoms with Gasteiger partial charge in [-0.25, -0.2) is 4.98 Å². The Morgan fingerprint density at radius 3 is 2.68 bits per heavy atom. The molecule has 0 spiro atoms. The fourth-order valence-electron chi connectivity index (χ4n) is 3.92. The standard InChI is InChI=1S/C21H14N3O/c1-2-8-15(9-3-1)24-18-17-11-6-12-22-19(17)25-21(18)23-13-14-7-4-5-10-16(14)20(23)24/h1-12H,13H2/q+1. The molecular formula is C21H14N3O+. The summed E-state index contributed by atoms with van der Waals surface area (Å²) in [5, 5.41) is 1.04. The van der Waals surface area contributed by atoms with E-state index >= 15 is 0 Å². The monoisotopic (exact) mass is 324 g/mol. The van der Waals surface area contributed by atoms with Crippen LogP contribution in [-0.4, -0.2) is 9.55 Å². The highest BCUT2D eigenvalue weighted by Crippen LogP contribution is 2.37. The first kappa shape index (κ1) is 13.0. The second-order valence-electron chi connectivity index (χ2n) is 6.35. The van der Waals surface area contributed by atoms with Crippen molar-refractivity contribution in [3.05, 3.63) is 78.5 Å². The summed E-state index contributed by atoms with van der Waals surface area (Å²) in [6, 6.07) is 23.1. The molecule has 0 unspecified atom stereocenters. The van der Waals surface area contributed by atoms with Crippen LogP contribution in [0.1, 0.15) is 5.56 Å². The van der Waals surface area contributed by atoms with E-state index in [-0.39, 0.29) is 0 Å². The molecule has 1 aliphatic heterocycles. The number of hydrogen-bond donors (Lipinski definition) is 0. The molecule has 0 fully saturated rings. The molecule has 5 aromatic rings. The van der Waals surface area contributed by atoms with Crippen molar-refractivity contribution < 1.29 is 8.98 Å². The van der Waals surface area contributed by atoms with Crippen LogP contribution in [0, 0.1) is 0 Å². The van der Waals surface area contributed by atoms with E-state index in [1.54, 1.807) is 6.20 Å². The predicted octanol–water partition coefficient (Wildman–Crippen LogP) is 4.09. The number of imidazole rings is 1. The number of para-hydroxylation sites is 1. The molecule has 6 rings (SSSR count). The van der Waals surface area contributed by atoms with Crippen LogP contribution in [-0.2, 0) is 6.54 Å². The molecule has 0 aliphatic carbocycles. The minimum atomic E-state index is 0.684. The maximum absolute atomic E-state index is 6.16. The van der Waals surface area contributed by atoms with Gasteiger partial charge in [-0.05, 0) is 30.3 Å². The first-order chi connectivity index (χ1) is 12.4. The third-order valence-corrected chi connectivity index (χ3v) is 4.96. The van der Waals surface area contributed by atoms with Crippen molar-refractivity contribution >= 4 is 22.3 Å². The van der Waals surface area contributed by atoms with Crippen LogP contribution in [0.25, 0.3) is 39.4 Å². The van der Waals surface area contributed by atoms with Gasteiger partial charge in [0.25, 0.3) is 5.82 Å². The number of nitrogens with zero attached hydrogens (tertiary/aromatic N) is 3. The summed E-state index contributed by atoms with van der Waals surface area (Å²) in [5.74, 6) is 1.17. The number of pyridine rings is 1. The third kappa shape index (κ3) is 1.61. The highest BCUT2D eigenvalue weighted by Gasteiger charge is 2.38. The van der Waals surface area contributed by atoms with E-state index in [1.165, 1.54) is 17.0 Å². The van der Waals surface area contributed by atoms with E-state index in [2.05, 4.69) is 68.7 Å². The molecule has 4 heterocycles. The maximum Gasteiger partial charge on any atom is 0.341 e. The molecule has 0 radical (unpaired) electrons. The second kappa shape index (κ2) is 4.57. The zero-order valence-corrected chi connectivity index (χ0v) is 13.4. The van der Waals surface area contributed by atoms with Crippen LogP contribution in [0.2, 0.25) is 0 Å². The Morgan fingerprint density at radius 1 is 0.920 bits per heavy atom. The van der Waals surface area contributed by atoms with Crippen LogP contribution < -0.4 is 4.57 Å². The molecule has 0 saturated heterocycles. The molecular weight excluding hydrogens is 310 g/mol. The molecule has 0 bridgehead atoms. The molecule has 0 atom stereocenters. The number of fused-ring (bicyclic) bond motifs is 7. The van der Waals surface area contributed by atoms with Crippen LogP contribution in [0.4, 0.5) is 0 Å². The molecule has 118 valence electrons. The van der Waals surface area contributed by atoms with Gasteiger partial charge in [0.2, 0.25) is 11.2 Å². The van der Waals surface area contributed by atoms with Crippen molar-refractivity contribution in [3.63, 3.8) is 0 Å². The first-order valence-corrected chi connectivity index (χ1v) is 8.37. The molecule has 4 heteroatoms. The Hall–Kier alpha value is -3.40. The second-order valence-corrected chi connectivity index (χ2v) is 6.35. The highest BCUT2D eigenvalue weighted by molar-refractivity contribution is 6.01. The largest absolute Gasteiger partial charge is 0.400 e. The number of furan rings is 1. The van der Waals surface area contributed by atoms with Crippen molar-refractivity contribution in [2.75, 3.05) is 0 Å². The molecule has 0 saturated carbocycles. The van der Waals surface area contributed by atoms with Crippen molar-refractivity contribution in [1.29, 1.82) is 0 Å². The predicted molar refractivity (Wildman–Crippen MR) is 95.6 cm³/mol. The van der Waals surface area contributed by atoms with Crippen molar-refractivity contribution in [3.8, 4) is 17.1 Å². The van der Waals surface area contributed by atoms with E-state index in [9.17, 15) is 0 Å². The van der Waals surface area contributed by atoms with Gasteiger partial charge in [0.05, 0.1) is 10.9 Å². The minimum Gasteiger partial charge on any atom is -0.400 e. The van der Waals surface area contributed by atoms with Gasteiger partial charge >= 0.3 is 5.71 Å². The zero-order valence-electron chi connectivity index (χ0n) is 13.4. The van der Waals surface area contributed by atoms with E-state index in [4.69, 9.17) is 4.42 Å². The number of hydrogen-bond acceptors (Lipinski definition) is 2. The molecule has 0 amide bonds. The van der Waals surface area contributed by atoms with Crippen molar-refractivity contribution in [1.82, 2.24) is 9.55 Å². The summed E-state index contributed by atoms with van der Waals surface area (Å²) in [6.45, 7) is 0.821. The van der Waals surface area contributed by atoms with Gasteiger partial charge in [0.1, 0.15) is 12.2 Å². The SMILES string of the molecule is c1ccc(-n2c3[n+](c4oc5ncccc5c42)Cc2ccccc2-3)cc1. The van der Waals surface area contributed by atoms with Gasteiger partial charge in [-0.3, -0.25) is 0 Å². The van der Waals surface area contributed by atoms with Gasteiger partial charge in [0.15, 0.2) is 0 Å². The van der Waals surface area contributed by atoms with E-state index < -0.39 is 0 Å². The average Bonchev–Trinajstić information content (AvgIpc) is 3.30. The normalized spacial score (nSPS) is 12.6. The Kier molecular flexibility index (Phi) is 2.37. The molecule has 4 nitrogen and oxygen atoms in total. The van der Waals surface area contributed by atoms with Crippen LogP contribution in [0.15, 0.2) is 77.3 Å². The highest BCUT2D eigenvalue weighted by atomic mass is 16.4. The lowest BCUT2D eigenvalue weighted by Gasteiger charge is -2.01. The third-order valence-electron chi connectivity index (χ3n) is 4.96. The fourth-order valence-corrected chi connectivity index (χ4v) is 3.92. The summed E-state index contributed by atoms with van der Waals surface area (Å²) >= 11 is 0. The molecule has 2 aromatic carbocycles. The summed E-state index contributed by atoms with van der Waals surface area (Å²) < 4.78 is 10.7. The van der Waals surface area contributed by atoms with Crippen LogP contribution >= 0.6 is 0 Å². The number of rotatable bonds is 1. The molecule has 25 heavy (non-hydrogen) atoms. The summed E-state index contributed by atoms with van der Waals surface area (Å²) in [6.07, 6.45) is 1.78. The minimum absolute atomic E-state index is 0.684. The van der Waals surface area contributed by atoms with Crippen molar-refractivity contribution in [2.24, 2.45) is 0 Å². The molecule has 1 aliphatic rings. The number of aromatic nitrogens is 3. The van der Waals surface area contributed by atoms with Crippen LogP contribution in [0.5, 0.6) is 0 Å². The van der Waals surface area contributed by atoms with Gasteiger partial charge in [-0.1, -0.05) is 36.4 Å². The summed E-state index contributed by atoms with van der Waals surface area (Å²) in [5.41, 5.74) is 6.35. The van der Waals surface area contributed by atoms with Gasteiger partial charge < -0.3 is 4.42 Å². The first-order valence-electron chi connectivity index (χ1n) is 8.37. The Labute approximate surface area is 143 Å². The summed E-state index contributed by atoms with van der Waals surface area (Å²) in [4.78, 5) is 4.41. The van der Waals surface area contributed by atoms with E-state index in [0.29, 0.717) is 5.71 Å². The Morgan fingerprint density at radius 2 is 1.76 bits per heavy atom. The summed E-state index contributed by atoms with van der Waals surface area (Å²) in [7, 11) is 0. The molecule has 0 N–H and O–H groups in total. The lowest BCUT2D eigenvalue weighted by atomic mass is 10.1. The topological polar surface area (TPSA) is 34.8 Å². The van der Waals surface area contributed by atoms with Crippen molar-refractivity contribution in [2.45, 2.75) is 6.54 Å². The zero-order chi connectivity index (χ0) is 16.4. The Balaban J connectivity index is 1.84. The lowest BCUT2D eigenvalue weighted by Crippen LogP contribution is -2.31. The van der Waals surface area contributed by atoms with Gasteiger partial charge in [-0.2, -0.15) is 9.13 Å². The lowest BCUT2D eigenvalue weighted by molar-refractivity contribution is -0.652. The van der Waals surface area contributed by atoms with Gasteiger partial charge in [0, 0.05) is 11.8 Å². The quantitative estimate of drug-likeness (QED) is 0.427. The van der Waals surface area contributed by atoms with Crippen LogP contribution in [0.3, 0.4) is 0 Å².